The van der Waals surface area contributed by atoms with Crippen molar-refractivity contribution in [2.45, 2.75) is 13.1 Å². The van der Waals surface area contributed by atoms with Crippen molar-refractivity contribution < 1.29 is 13.2 Å². The van der Waals surface area contributed by atoms with Gasteiger partial charge < -0.3 is 9.88 Å². The molecule has 144 valence electrons. The Balaban J connectivity index is 1.66. The number of benzene rings is 2. The summed E-state index contributed by atoms with van der Waals surface area (Å²) in [6.45, 7) is 1.77. The molecule has 0 bridgehead atoms. The first kappa shape index (κ1) is 19.6. The molecule has 0 atom stereocenters. The van der Waals surface area contributed by atoms with E-state index in [9.17, 15) is 13.2 Å². The lowest BCUT2D eigenvalue weighted by Gasteiger charge is -2.14. The van der Waals surface area contributed by atoms with Gasteiger partial charge in [-0.15, -0.1) is 0 Å². The van der Waals surface area contributed by atoms with Gasteiger partial charge in [0.2, 0.25) is 0 Å². The summed E-state index contributed by atoms with van der Waals surface area (Å²) in [7, 11) is 0. The Morgan fingerprint density at radius 3 is 2.46 bits per heavy atom. The Labute approximate surface area is 164 Å². The van der Waals surface area contributed by atoms with Crippen molar-refractivity contribution in [1.29, 1.82) is 0 Å². The highest BCUT2D eigenvalue weighted by molar-refractivity contribution is 7.80. The fraction of sp³-hybridized carbons (Fsp3) is 0.105. The molecule has 0 aliphatic carbocycles. The van der Waals surface area contributed by atoms with Crippen molar-refractivity contribution in [3.8, 4) is 5.69 Å². The quantitative estimate of drug-likeness (QED) is 0.380. The molecule has 0 aliphatic rings. The van der Waals surface area contributed by atoms with Gasteiger partial charge in [-0.25, -0.2) is 4.98 Å². The van der Waals surface area contributed by atoms with Crippen LogP contribution in [0.1, 0.15) is 18.1 Å². The third kappa shape index (κ3) is 4.74. The summed E-state index contributed by atoms with van der Waals surface area (Å²) in [6, 6.07) is 12.7. The van der Waals surface area contributed by atoms with E-state index in [-0.39, 0.29) is 10.8 Å². The Hall–Kier alpha value is -3.20. The summed E-state index contributed by atoms with van der Waals surface area (Å²) in [5, 5.41) is 6.64. The highest BCUT2D eigenvalue weighted by Gasteiger charge is 2.33. The van der Waals surface area contributed by atoms with Crippen LogP contribution in [0, 0.1) is 0 Å². The number of hydrogen-bond acceptors (Lipinski definition) is 3. The molecule has 0 radical (unpaired) electrons. The number of alkyl halides is 3. The zero-order chi connectivity index (χ0) is 20.1. The highest BCUT2D eigenvalue weighted by atomic mass is 32.1. The summed E-state index contributed by atoms with van der Waals surface area (Å²) in [6.07, 6.45) is 0.742. The molecule has 1 aromatic heterocycles. The summed E-state index contributed by atoms with van der Waals surface area (Å²) in [5.74, 6) is 0. The fourth-order valence-electron chi connectivity index (χ4n) is 2.48. The van der Waals surface area contributed by atoms with E-state index in [4.69, 9.17) is 12.2 Å². The van der Waals surface area contributed by atoms with Crippen LogP contribution in [-0.4, -0.2) is 20.4 Å². The van der Waals surface area contributed by atoms with Gasteiger partial charge in [-0.1, -0.05) is 24.3 Å². The largest absolute Gasteiger partial charge is 0.418 e. The molecule has 28 heavy (non-hydrogen) atoms. The van der Waals surface area contributed by atoms with Gasteiger partial charge in [-0.05, 0) is 49.0 Å². The Bertz CT molecular complexity index is 980. The van der Waals surface area contributed by atoms with Gasteiger partial charge in [0.15, 0.2) is 5.11 Å². The number of anilines is 1. The van der Waals surface area contributed by atoms with Crippen LogP contribution in [-0.2, 0) is 6.18 Å². The lowest BCUT2D eigenvalue weighted by Crippen LogP contribution is -2.26. The van der Waals surface area contributed by atoms with E-state index in [1.807, 2.05) is 35.0 Å². The Morgan fingerprint density at radius 2 is 1.82 bits per heavy atom. The minimum Gasteiger partial charge on any atom is -0.331 e. The summed E-state index contributed by atoms with van der Waals surface area (Å²) in [4.78, 5) is 4.00. The van der Waals surface area contributed by atoms with Crippen molar-refractivity contribution >= 4 is 28.7 Å². The minimum atomic E-state index is -4.48. The molecule has 1 heterocycles. The van der Waals surface area contributed by atoms with Crippen molar-refractivity contribution in [2.75, 3.05) is 5.32 Å². The molecule has 2 N–H and O–H groups in total. The van der Waals surface area contributed by atoms with Crippen molar-refractivity contribution in [3.63, 3.8) is 0 Å². The standard InChI is InChI=1S/C19H16F3N5S/c1-13(14-6-8-15(9-7-14)27-11-10-23-12-27)25-26-18(28)24-17-5-3-2-4-16(17)19(20,21)22/h2-12H,1H3,(H2,24,26,28)/b25-13+. The zero-order valence-corrected chi connectivity index (χ0v) is 15.6. The van der Waals surface area contributed by atoms with Crippen molar-refractivity contribution in [3.05, 3.63) is 78.4 Å². The van der Waals surface area contributed by atoms with E-state index in [2.05, 4.69) is 20.8 Å². The average Bonchev–Trinajstić information content (AvgIpc) is 3.20. The van der Waals surface area contributed by atoms with Crippen LogP contribution < -0.4 is 10.7 Å². The molecule has 0 fully saturated rings. The topological polar surface area (TPSA) is 54.2 Å². The van der Waals surface area contributed by atoms with Crippen LogP contribution in [0.4, 0.5) is 18.9 Å². The first-order chi connectivity index (χ1) is 13.3. The lowest BCUT2D eigenvalue weighted by atomic mass is 10.1. The second-order valence-electron chi connectivity index (χ2n) is 5.82. The second-order valence-corrected chi connectivity index (χ2v) is 6.23. The number of hydrazone groups is 1. The number of thiocarbonyl (C=S) groups is 1. The fourth-order valence-corrected chi connectivity index (χ4v) is 2.63. The molecule has 0 amide bonds. The number of halogens is 3. The van der Waals surface area contributed by atoms with Gasteiger partial charge in [0.1, 0.15) is 0 Å². The normalized spacial score (nSPS) is 11.9. The minimum absolute atomic E-state index is 0.0360. The molecule has 0 saturated carbocycles. The summed E-state index contributed by atoms with van der Waals surface area (Å²) in [5.41, 5.74) is 4.07. The summed E-state index contributed by atoms with van der Waals surface area (Å²) >= 11 is 5.05. The maximum absolute atomic E-state index is 13.0. The highest BCUT2D eigenvalue weighted by Crippen LogP contribution is 2.34. The van der Waals surface area contributed by atoms with Crippen LogP contribution in [0.25, 0.3) is 5.69 Å². The van der Waals surface area contributed by atoms with Crippen LogP contribution >= 0.6 is 12.2 Å². The van der Waals surface area contributed by atoms with E-state index < -0.39 is 11.7 Å². The average molecular weight is 403 g/mol. The third-order valence-electron chi connectivity index (χ3n) is 3.89. The maximum atomic E-state index is 13.0. The molecule has 3 aromatic rings. The third-order valence-corrected chi connectivity index (χ3v) is 4.09. The van der Waals surface area contributed by atoms with Gasteiger partial charge in [0.25, 0.3) is 0 Å². The van der Waals surface area contributed by atoms with Gasteiger partial charge in [-0.3, -0.25) is 5.43 Å². The molecule has 0 saturated heterocycles. The lowest BCUT2D eigenvalue weighted by molar-refractivity contribution is -0.136. The molecule has 0 spiro atoms. The second kappa shape index (κ2) is 8.22. The predicted octanol–water partition coefficient (Wildman–Crippen LogP) is 4.60. The Kier molecular flexibility index (Phi) is 5.74. The molecule has 0 aliphatic heterocycles. The molecular formula is C19H16F3N5S. The molecular weight excluding hydrogens is 387 g/mol. The number of para-hydroxylation sites is 1. The molecule has 9 heteroatoms. The molecule has 2 aromatic carbocycles. The van der Waals surface area contributed by atoms with Crippen LogP contribution in [0.5, 0.6) is 0 Å². The van der Waals surface area contributed by atoms with Gasteiger partial charge in [0.05, 0.1) is 23.3 Å². The van der Waals surface area contributed by atoms with Crippen molar-refractivity contribution in [2.24, 2.45) is 5.10 Å². The van der Waals surface area contributed by atoms with E-state index in [1.54, 1.807) is 19.4 Å². The maximum Gasteiger partial charge on any atom is 0.418 e. The zero-order valence-electron chi connectivity index (χ0n) is 14.7. The summed E-state index contributed by atoms with van der Waals surface area (Å²) < 4.78 is 41.0. The first-order valence-electron chi connectivity index (χ1n) is 8.21. The van der Waals surface area contributed by atoms with Crippen LogP contribution in [0.15, 0.2) is 72.4 Å². The number of nitrogens with one attached hydrogen (secondary N) is 2. The van der Waals surface area contributed by atoms with Gasteiger partial charge in [0, 0.05) is 18.1 Å². The number of aromatic nitrogens is 2. The van der Waals surface area contributed by atoms with Crippen LogP contribution in [0.2, 0.25) is 0 Å². The van der Waals surface area contributed by atoms with Gasteiger partial charge in [-0.2, -0.15) is 18.3 Å². The smallest absolute Gasteiger partial charge is 0.331 e. The van der Waals surface area contributed by atoms with E-state index in [0.717, 1.165) is 17.3 Å². The number of hydrogen-bond donors (Lipinski definition) is 2. The number of nitrogens with zero attached hydrogens (tertiary/aromatic N) is 3. The number of imidazole rings is 1. The SMILES string of the molecule is C/C(=N\NC(=S)Nc1ccccc1C(F)(F)F)c1ccc(-n2ccnc2)cc1. The molecule has 3 rings (SSSR count). The van der Waals surface area contributed by atoms with E-state index >= 15 is 0 Å². The van der Waals surface area contributed by atoms with Crippen LogP contribution in [0.3, 0.4) is 0 Å². The molecule has 0 unspecified atom stereocenters. The van der Waals surface area contributed by atoms with Crippen molar-refractivity contribution in [1.82, 2.24) is 15.0 Å². The number of rotatable bonds is 4. The first-order valence-corrected chi connectivity index (χ1v) is 8.61. The predicted molar refractivity (Wildman–Crippen MR) is 107 cm³/mol. The molecule has 5 nitrogen and oxygen atoms in total. The van der Waals surface area contributed by atoms with E-state index in [1.165, 1.54) is 18.2 Å². The van der Waals surface area contributed by atoms with Gasteiger partial charge >= 0.3 is 6.18 Å². The monoisotopic (exact) mass is 403 g/mol. The van der Waals surface area contributed by atoms with E-state index in [0.29, 0.717) is 5.71 Å². The Morgan fingerprint density at radius 1 is 1.11 bits per heavy atom.